The second-order valence-corrected chi connectivity index (χ2v) is 6.41. The minimum Gasteiger partial charge on any atom is -0.394 e. The number of aryl methyl sites for hydroxylation is 1. The number of hydrogen-bond acceptors (Lipinski definition) is 5. The van der Waals surface area contributed by atoms with Crippen LogP contribution in [-0.4, -0.2) is 39.1 Å². The fourth-order valence-electron chi connectivity index (χ4n) is 2.45. The fraction of sp³-hybridized carbons (Fsp3) is 0.333. The van der Waals surface area contributed by atoms with Crippen molar-refractivity contribution in [3.05, 3.63) is 68.0 Å². The number of hydrogen-bond donors (Lipinski definition) is 4. The van der Waals surface area contributed by atoms with E-state index in [1.165, 1.54) is 25.3 Å². The zero-order valence-electron chi connectivity index (χ0n) is 15.7. The number of aromatic nitrogens is 2. The van der Waals surface area contributed by atoms with Crippen LogP contribution in [0.1, 0.15) is 16.7 Å². The van der Waals surface area contributed by atoms with Gasteiger partial charge in [0.2, 0.25) is 11.8 Å². The van der Waals surface area contributed by atoms with Crippen LogP contribution in [0, 0.1) is 6.92 Å². The average molecular weight is 428 g/mol. The summed E-state index contributed by atoms with van der Waals surface area (Å²) >= 11 is 0. The molecule has 2 rings (SSSR count). The molecule has 2 aromatic rings. The summed E-state index contributed by atoms with van der Waals surface area (Å²) in [6.45, 7) is 0.0725. The Labute approximate surface area is 167 Å². The van der Waals surface area contributed by atoms with Crippen molar-refractivity contribution < 1.29 is 27.9 Å². The SMILES string of the molecule is Cc1cn(CC(=O)N[C@@H](CO)C(=O)NCc2ccc(C(F)(F)F)cc2)c(=O)[nH]c1=O. The first kappa shape index (κ1) is 22.9. The highest BCUT2D eigenvalue weighted by molar-refractivity contribution is 5.87. The molecule has 0 fully saturated rings. The van der Waals surface area contributed by atoms with Crippen molar-refractivity contribution in [2.45, 2.75) is 32.2 Å². The van der Waals surface area contributed by atoms with Gasteiger partial charge in [-0.05, 0) is 24.6 Å². The maximum atomic E-state index is 12.6. The van der Waals surface area contributed by atoms with Crippen LogP contribution in [0.3, 0.4) is 0 Å². The first-order valence-electron chi connectivity index (χ1n) is 8.65. The van der Waals surface area contributed by atoms with E-state index in [4.69, 9.17) is 0 Å². The minimum atomic E-state index is -4.47. The monoisotopic (exact) mass is 428 g/mol. The summed E-state index contributed by atoms with van der Waals surface area (Å²) < 4.78 is 38.6. The van der Waals surface area contributed by atoms with Crippen molar-refractivity contribution >= 4 is 11.8 Å². The van der Waals surface area contributed by atoms with Gasteiger partial charge in [0.25, 0.3) is 5.56 Å². The standard InChI is InChI=1S/C18H19F3N4O5/c1-10-7-25(17(30)24-15(10)28)8-14(27)23-13(9-26)16(29)22-6-11-2-4-12(5-3-11)18(19,20)21/h2-5,7,13,26H,6,8-9H2,1H3,(H,22,29)(H,23,27)(H,24,28,30)/t13-/m0/s1. The van der Waals surface area contributed by atoms with Crippen LogP contribution in [-0.2, 0) is 28.9 Å². The van der Waals surface area contributed by atoms with Crippen LogP contribution in [0.15, 0.2) is 40.1 Å². The highest BCUT2D eigenvalue weighted by Crippen LogP contribution is 2.29. The molecule has 12 heteroatoms. The molecule has 1 aromatic heterocycles. The van der Waals surface area contributed by atoms with Crippen molar-refractivity contribution in [2.24, 2.45) is 0 Å². The molecule has 0 unspecified atom stereocenters. The normalized spacial score (nSPS) is 12.3. The van der Waals surface area contributed by atoms with E-state index >= 15 is 0 Å². The number of nitrogens with zero attached hydrogens (tertiary/aromatic N) is 1. The van der Waals surface area contributed by atoms with Gasteiger partial charge < -0.3 is 15.7 Å². The zero-order chi connectivity index (χ0) is 22.5. The molecule has 0 spiro atoms. The first-order chi connectivity index (χ1) is 14.0. The lowest BCUT2D eigenvalue weighted by Gasteiger charge is -2.17. The zero-order valence-corrected chi connectivity index (χ0v) is 15.7. The van der Waals surface area contributed by atoms with Crippen LogP contribution in [0.2, 0.25) is 0 Å². The number of halogens is 3. The molecule has 0 aliphatic rings. The van der Waals surface area contributed by atoms with Crippen molar-refractivity contribution in [2.75, 3.05) is 6.61 Å². The van der Waals surface area contributed by atoms with Gasteiger partial charge in [-0.1, -0.05) is 12.1 Å². The molecular formula is C18H19F3N4O5. The molecule has 0 aliphatic heterocycles. The van der Waals surface area contributed by atoms with Crippen molar-refractivity contribution in [3.63, 3.8) is 0 Å². The number of amides is 2. The Kier molecular flexibility index (Phi) is 7.16. The summed E-state index contributed by atoms with van der Waals surface area (Å²) in [6, 6.07) is 2.79. The smallest absolute Gasteiger partial charge is 0.394 e. The molecule has 0 radical (unpaired) electrons. The molecule has 1 aromatic carbocycles. The van der Waals surface area contributed by atoms with E-state index < -0.39 is 54.0 Å². The van der Waals surface area contributed by atoms with Crippen molar-refractivity contribution in [1.82, 2.24) is 20.2 Å². The number of aromatic amines is 1. The van der Waals surface area contributed by atoms with Gasteiger partial charge in [-0.15, -0.1) is 0 Å². The van der Waals surface area contributed by atoms with Crippen LogP contribution in [0.5, 0.6) is 0 Å². The third-order valence-corrected chi connectivity index (χ3v) is 4.09. The van der Waals surface area contributed by atoms with Gasteiger partial charge in [0, 0.05) is 18.3 Å². The molecule has 9 nitrogen and oxygen atoms in total. The summed E-state index contributed by atoms with van der Waals surface area (Å²) in [5.74, 6) is -1.54. The van der Waals surface area contributed by atoms with E-state index in [1.807, 2.05) is 4.98 Å². The van der Waals surface area contributed by atoms with E-state index in [-0.39, 0.29) is 12.1 Å². The topological polar surface area (TPSA) is 133 Å². The number of aliphatic hydroxyl groups excluding tert-OH is 1. The molecule has 162 valence electrons. The number of benzene rings is 1. The van der Waals surface area contributed by atoms with E-state index in [0.29, 0.717) is 5.56 Å². The molecule has 4 N–H and O–H groups in total. The molecule has 0 saturated heterocycles. The molecule has 0 aliphatic carbocycles. The summed E-state index contributed by atoms with van der Waals surface area (Å²) in [4.78, 5) is 49.3. The predicted octanol–water partition coefficient (Wildman–Crippen LogP) is -0.343. The number of rotatable bonds is 7. The number of carbonyl (C=O) groups is 2. The number of alkyl halides is 3. The summed E-state index contributed by atoms with van der Waals surface area (Å²) in [5, 5.41) is 14.0. The summed E-state index contributed by atoms with van der Waals surface area (Å²) in [6.07, 6.45) is -3.29. The van der Waals surface area contributed by atoms with E-state index in [1.54, 1.807) is 0 Å². The average Bonchev–Trinajstić information content (AvgIpc) is 2.68. The summed E-state index contributed by atoms with van der Waals surface area (Å²) in [5.41, 5.74) is -1.64. The maximum Gasteiger partial charge on any atom is 0.416 e. The molecule has 1 atom stereocenters. The van der Waals surface area contributed by atoms with Gasteiger partial charge in [0.1, 0.15) is 12.6 Å². The van der Waals surface area contributed by atoms with Gasteiger partial charge in [0.15, 0.2) is 0 Å². The Morgan fingerprint density at radius 1 is 1.20 bits per heavy atom. The quantitative estimate of drug-likeness (QED) is 0.479. The van der Waals surface area contributed by atoms with Gasteiger partial charge in [0.05, 0.1) is 12.2 Å². The number of nitrogens with one attached hydrogen (secondary N) is 3. The van der Waals surface area contributed by atoms with E-state index in [9.17, 15) is 37.5 Å². The lowest BCUT2D eigenvalue weighted by molar-refractivity contribution is -0.137. The molecular weight excluding hydrogens is 409 g/mol. The Bertz CT molecular complexity index is 1030. The van der Waals surface area contributed by atoms with E-state index in [2.05, 4.69) is 10.6 Å². The van der Waals surface area contributed by atoms with Gasteiger partial charge >= 0.3 is 11.9 Å². The van der Waals surface area contributed by atoms with Crippen molar-refractivity contribution in [1.29, 1.82) is 0 Å². The highest BCUT2D eigenvalue weighted by Gasteiger charge is 2.30. The maximum absolute atomic E-state index is 12.6. The third kappa shape index (κ3) is 6.04. The Hall–Kier alpha value is -3.41. The molecule has 0 saturated carbocycles. The predicted molar refractivity (Wildman–Crippen MR) is 98.4 cm³/mol. The van der Waals surface area contributed by atoms with Crippen LogP contribution < -0.4 is 21.9 Å². The number of carbonyl (C=O) groups excluding carboxylic acids is 2. The molecule has 30 heavy (non-hydrogen) atoms. The van der Waals surface area contributed by atoms with Gasteiger partial charge in [-0.3, -0.25) is 23.9 Å². The molecule has 2 amide bonds. The van der Waals surface area contributed by atoms with E-state index in [0.717, 1.165) is 16.7 Å². The lowest BCUT2D eigenvalue weighted by atomic mass is 10.1. The second kappa shape index (κ2) is 9.39. The summed E-state index contributed by atoms with van der Waals surface area (Å²) in [7, 11) is 0. The fourth-order valence-corrected chi connectivity index (χ4v) is 2.45. The largest absolute Gasteiger partial charge is 0.416 e. The van der Waals surface area contributed by atoms with Gasteiger partial charge in [-0.25, -0.2) is 4.79 Å². The highest BCUT2D eigenvalue weighted by atomic mass is 19.4. The second-order valence-electron chi connectivity index (χ2n) is 6.41. The Morgan fingerprint density at radius 3 is 2.40 bits per heavy atom. The number of aliphatic hydroxyl groups is 1. The van der Waals surface area contributed by atoms with Gasteiger partial charge in [-0.2, -0.15) is 13.2 Å². The van der Waals surface area contributed by atoms with Crippen LogP contribution in [0.4, 0.5) is 13.2 Å². The van der Waals surface area contributed by atoms with Crippen LogP contribution >= 0.6 is 0 Å². The third-order valence-electron chi connectivity index (χ3n) is 4.09. The Balaban J connectivity index is 1.94. The molecule has 0 bridgehead atoms. The van der Waals surface area contributed by atoms with Crippen LogP contribution in [0.25, 0.3) is 0 Å². The molecule has 1 heterocycles. The first-order valence-corrected chi connectivity index (χ1v) is 8.65. The minimum absolute atomic E-state index is 0.123. The lowest BCUT2D eigenvalue weighted by Crippen LogP contribution is -2.50. The van der Waals surface area contributed by atoms with Crippen molar-refractivity contribution in [3.8, 4) is 0 Å². The number of H-pyrrole nitrogens is 1. The Morgan fingerprint density at radius 2 is 1.83 bits per heavy atom.